The maximum atomic E-state index is 9.91. The minimum atomic E-state index is 0.352. The fraction of sp³-hybridized carbons (Fsp3) is 0.357. The molecule has 1 aliphatic rings. The fourth-order valence-corrected chi connectivity index (χ4v) is 2.12. The third-order valence-electron chi connectivity index (χ3n) is 3.28. The Morgan fingerprint density at radius 2 is 2.19 bits per heavy atom. The molecule has 0 saturated heterocycles. The van der Waals surface area contributed by atoms with Gasteiger partial charge in [-0.15, -0.1) is 0 Å². The van der Waals surface area contributed by atoms with Gasteiger partial charge in [-0.2, -0.15) is 0 Å². The van der Waals surface area contributed by atoms with E-state index in [1.165, 1.54) is 18.4 Å². The van der Waals surface area contributed by atoms with Crippen LogP contribution in [-0.2, 0) is 6.42 Å². The van der Waals surface area contributed by atoms with E-state index in [9.17, 15) is 5.11 Å². The molecule has 2 heteroatoms. The van der Waals surface area contributed by atoms with Gasteiger partial charge in [0.1, 0.15) is 5.75 Å². The largest absolute Gasteiger partial charge is 0.506 e. The van der Waals surface area contributed by atoms with Crippen molar-refractivity contribution >= 4 is 10.9 Å². The van der Waals surface area contributed by atoms with Gasteiger partial charge in [0.15, 0.2) is 0 Å². The number of aromatic hydroxyl groups is 1. The molecule has 1 saturated carbocycles. The zero-order valence-electron chi connectivity index (χ0n) is 9.40. The van der Waals surface area contributed by atoms with Crippen LogP contribution in [0.2, 0.25) is 0 Å². The summed E-state index contributed by atoms with van der Waals surface area (Å²) in [6.45, 7) is 2.06. The molecule has 82 valence electrons. The molecular formula is C14H15NO. The van der Waals surface area contributed by atoms with Gasteiger partial charge >= 0.3 is 0 Å². The molecule has 1 fully saturated rings. The van der Waals surface area contributed by atoms with Crippen molar-refractivity contribution in [1.82, 2.24) is 4.98 Å². The Balaban J connectivity index is 2.14. The first-order valence-electron chi connectivity index (χ1n) is 5.82. The summed E-state index contributed by atoms with van der Waals surface area (Å²) in [4.78, 5) is 4.60. The van der Waals surface area contributed by atoms with Crippen LogP contribution in [0.15, 0.2) is 24.3 Å². The molecule has 16 heavy (non-hydrogen) atoms. The lowest BCUT2D eigenvalue weighted by molar-refractivity contribution is 0.463. The molecule has 0 unspecified atom stereocenters. The fourth-order valence-electron chi connectivity index (χ4n) is 2.12. The number of fused-ring (bicyclic) bond motifs is 1. The number of rotatable bonds is 2. The van der Waals surface area contributed by atoms with Crippen molar-refractivity contribution in [2.24, 2.45) is 5.92 Å². The molecule has 1 N–H and O–H groups in total. The molecule has 0 radical (unpaired) electrons. The van der Waals surface area contributed by atoms with Crippen LogP contribution in [0, 0.1) is 12.8 Å². The molecule has 3 rings (SSSR count). The number of aromatic nitrogens is 1. The molecule has 2 nitrogen and oxygen atoms in total. The van der Waals surface area contributed by atoms with E-state index in [0.29, 0.717) is 5.75 Å². The summed E-state index contributed by atoms with van der Waals surface area (Å²) in [5.74, 6) is 1.10. The zero-order valence-corrected chi connectivity index (χ0v) is 9.40. The lowest BCUT2D eigenvalue weighted by Crippen LogP contribution is -1.94. The van der Waals surface area contributed by atoms with Gasteiger partial charge in [0.25, 0.3) is 0 Å². The van der Waals surface area contributed by atoms with E-state index in [1.807, 2.05) is 18.2 Å². The average Bonchev–Trinajstić information content (AvgIpc) is 3.04. The third-order valence-corrected chi connectivity index (χ3v) is 3.28. The van der Waals surface area contributed by atoms with Gasteiger partial charge in [-0.05, 0) is 43.7 Å². The Morgan fingerprint density at radius 1 is 1.38 bits per heavy atom. The topological polar surface area (TPSA) is 33.1 Å². The maximum Gasteiger partial charge on any atom is 0.137 e. The highest BCUT2D eigenvalue weighted by Gasteiger charge is 2.23. The molecule has 0 atom stereocenters. The number of nitrogens with zero attached hydrogens (tertiary/aromatic N) is 1. The number of aryl methyl sites for hydroxylation is 1. The van der Waals surface area contributed by atoms with Crippen molar-refractivity contribution in [3.63, 3.8) is 0 Å². The van der Waals surface area contributed by atoms with Crippen molar-refractivity contribution in [2.75, 3.05) is 0 Å². The second-order valence-electron chi connectivity index (χ2n) is 4.75. The average molecular weight is 213 g/mol. The Bertz CT molecular complexity index is 544. The van der Waals surface area contributed by atoms with Crippen LogP contribution in [0.3, 0.4) is 0 Å². The van der Waals surface area contributed by atoms with Gasteiger partial charge in [-0.25, -0.2) is 4.98 Å². The van der Waals surface area contributed by atoms with Crippen LogP contribution in [0.4, 0.5) is 0 Å². The number of hydrogen-bond donors (Lipinski definition) is 1. The van der Waals surface area contributed by atoms with Crippen molar-refractivity contribution in [3.05, 3.63) is 35.5 Å². The van der Waals surface area contributed by atoms with E-state index in [1.54, 1.807) is 0 Å². The Morgan fingerprint density at radius 3 is 2.94 bits per heavy atom. The number of benzene rings is 1. The predicted molar refractivity (Wildman–Crippen MR) is 64.6 cm³/mol. The molecule has 1 heterocycles. The summed E-state index contributed by atoms with van der Waals surface area (Å²) in [5, 5.41) is 10.9. The molecule has 1 aliphatic carbocycles. The van der Waals surface area contributed by atoms with Gasteiger partial charge < -0.3 is 5.11 Å². The summed E-state index contributed by atoms with van der Waals surface area (Å²) in [5.41, 5.74) is 3.06. The summed E-state index contributed by atoms with van der Waals surface area (Å²) < 4.78 is 0. The molecule has 1 aromatic carbocycles. The number of para-hydroxylation sites is 1. The van der Waals surface area contributed by atoms with E-state index >= 15 is 0 Å². The standard InChI is InChI=1S/C14H15NO/c1-9-3-2-4-11-8-13(16)12(15-14(9)11)7-10-5-6-10/h2-4,8,10,16H,5-7H2,1H3. The highest BCUT2D eigenvalue weighted by atomic mass is 16.3. The normalized spacial score (nSPS) is 15.6. The van der Waals surface area contributed by atoms with Crippen molar-refractivity contribution in [3.8, 4) is 5.75 Å². The van der Waals surface area contributed by atoms with Crippen LogP contribution in [0.1, 0.15) is 24.1 Å². The second-order valence-corrected chi connectivity index (χ2v) is 4.75. The number of hydrogen-bond acceptors (Lipinski definition) is 2. The summed E-state index contributed by atoms with van der Waals surface area (Å²) in [6.07, 6.45) is 3.50. The lowest BCUT2D eigenvalue weighted by atomic mass is 10.1. The monoisotopic (exact) mass is 213 g/mol. The maximum absolute atomic E-state index is 9.91. The van der Waals surface area contributed by atoms with Crippen molar-refractivity contribution < 1.29 is 5.11 Å². The first-order valence-corrected chi connectivity index (χ1v) is 5.82. The van der Waals surface area contributed by atoms with Gasteiger partial charge in [-0.1, -0.05) is 18.2 Å². The van der Waals surface area contributed by atoms with Crippen LogP contribution in [0.5, 0.6) is 5.75 Å². The van der Waals surface area contributed by atoms with E-state index < -0.39 is 0 Å². The lowest BCUT2D eigenvalue weighted by Gasteiger charge is -2.07. The van der Waals surface area contributed by atoms with Gasteiger partial charge in [-0.3, -0.25) is 0 Å². The molecule has 2 aromatic rings. The Labute approximate surface area is 94.9 Å². The smallest absolute Gasteiger partial charge is 0.137 e. The van der Waals surface area contributed by atoms with Crippen molar-refractivity contribution in [1.29, 1.82) is 0 Å². The minimum absolute atomic E-state index is 0.352. The zero-order chi connectivity index (χ0) is 11.1. The van der Waals surface area contributed by atoms with Gasteiger partial charge in [0, 0.05) is 5.39 Å². The highest BCUT2D eigenvalue weighted by molar-refractivity contribution is 5.83. The second kappa shape index (κ2) is 3.48. The van der Waals surface area contributed by atoms with Gasteiger partial charge in [0.2, 0.25) is 0 Å². The predicted octanol–water partition coefficient (Wildman–Crippen LogP) is 3.20. The van der Waals surface area contributed by atoms with E-state index in [4.69, 9.17) is 0 Å². The molecule has 0 amide bonds. The molecule has 1 aromatic heterocycles. The summed E-state index contributed by atoms with van der Waals surface area (Å²) in [7, 11) is 0. The molecular weight excluding hydrogens is 198 g/mol. The Hall–Kier alpha value is -1.57. The third kappa shape index (κ3) is 1.64. The van der Waals surface area contributed by atoms with Crippen LogP contribution >= 0.6 is 0 Å². The first kappa shape index (κ1) is 9.64. The molecule has 0 bridgehead atoms. The van der Waals surface area contributed by atoms with E-state index in [0.717, 1.165) is 28.9 Å². The number of pyridine rings is 1. The van der Waals surface area contributed by atoms with Crippen LogP contribution in [0.25, 0.3) is 10.9 Å². The SMILES string of the molecule is Cc1cccc2cc(O)c(CC3CC3)nc12. The summed E-state index contributed by atoms with van der Waals surface area (Å²) in [6, 6.07) is 7.90. The highest BCUT2D eigenvalue weighted by Crippen LogP contribution is 2.35. The minimum Gasteiger partial charge on any atom is -0.506 e. The molecule has 0 spiro atoms. The first-order chi connectivity index (χ1) is 7.74. The summed E-state index contributed by atoms with van der Waals surface area (Å²) >= 11 is 0. The van der Waals surface area contributed by atoms with Gasteiger partial charge in [0.05, 0.1) is 11.2 Å². The van der Waals surface area contributed by atoms with Crippen LogP contribution < -0.4 is 0 Å². The molecule has 0 aliphatic heterocycles. The van der Waals surface area contributed by atoms with Crippen LogP contribution in [-0.4, -0.2) is 10.1 Å². The van der Waals surface area contributed by atoms with E-state index in [2.05, 4.69) is 18.0 Å². The van der Waals surface area contributed by atoms with Crippen molar-refractivity contribution in [2.45, 2.75) is 26.2 Å². The van der Waals surface area contributed by atoms with E-state index in [-0.39, 0.29) is 0 Å². The quantitative estimate of drug-likeness (QED) is 0.831. The Kier molecular flexibility index (Phi) is 2.10.